The standard InChI is InChI=1S/C12H24N2O3.ClH/c1-5-8-12(3,11(16)17-4)14-10(15)7-6-9(2)13;/h9H,5-8,13H2,1-4H3,(H,14,15);1H. The molecule has 1 amide bonds. The minimum Gasteiger partial charge on any atom is -0.467 e. The van der Waals surface area contributed by atoms with Crippen LogP contribution < -0.4 is 11.1 Å². The van der Waals surface area contributed by atoms with Crippen molar-refractivity contribution >= 4 is 24.3 Å². The van der Waals surface area contributed by atoms with Gasteiger partial charge >= 0.3 is 5.97 Å². The second-order valence-corrected chi connectivity index (χ2v) is 4.64. The van der Waals surface area contributed by atoms with Gasteiger partial charge in [-0.05, 0) is 26.7 Å². The van der Waals surface area contributed by atoms with Gasteiger partial charge in [-0.3, -0.25) is 4.79 Å². The molecule has 0 aromatic carbocycles. The van der Waals surface area contributed by atoms with E-state index in [1.807, 2.05) is 13.8 Å². The molecule has 0 bridgehead atoms. The minimum atomic E-state index is -0.932. The van der Waals surface area contributed by atoms with Crippen LogP contribution in [-0.2, 0) is 14.3 Å². The third kappa shape index (κ3) is 6.81. The number of amides is 1. The number of hydrogen-bond donors (Lipinski definition) is 2. The molecule has 2 unspecified atom stereocenters. The van der Waals surface area contributed by atoms with Crippen LogP contribution in [0.4, 0.5) is 0 Å². The second kappa shape index (κ2) is 9.16. The van der Waals surface area contributed by atoms with Gasteiger partial charge in [0.15, 0.2) is 0 Å². The second-order valence-electron chi connectivity index (χ2n) is 4.64. The Kier molecular flexibility index (Phi) is 9.94. The van der Waals surface area contributed by atoms with Gasteiger partial charge in [-0.2, -0.15) is 0 Å². The Morgan fingerprint density at radius 2 is 2.00 bits per heavy atom. The summed E-state index contributed by atoms with van der Waals surface area (Å²) in [5.41, 5.74) is 4.65. The van der Waals surface area contributed by atoms with Crippen molar-refractivity contribution in [1.29, 1.82) is 0 Å². The number of halogens is 1. The smallest absolute Gasteiger partial charge is 0.331 e. The molecular weight excluding hydrogens is 256 g/mol. The molecule has 18 heavy (non-hydrogen) atoms. The summed E-state index contributed by atoms with van der Waals surface area (Å²) in [5.74, 6) is -0.572. The van der Waals surface area contributed by atoms with Gasteiger partial charge in [0.05, 0.1) is 7.11 Å². The zero-order valence-electron chi connectivity index (χ0n) is 11.6. The van der Waals surface area contributed by atoms with Gasteiger partial charge in [-0.15, -0.1) is 12.4 Å². The summed E-state index contributed by atoms with van der Waals surface area (Å²) < 4.78 is 4.72. The zero-order chi connectivity index (χ0) is 13.5. The van der Waals surface area contributed by atoms with Crippen molar-refractivity contribution < 1.29 is 14.3 Å². The predicted octanol–water partition coefficient (Wildman–Crippen LogP) is 1.38. The van der Waals surface area contributed by atoms with E-state index in [1.165, 1.54) is 7.11 Å². The molecule has 0 aliphatic heterocycles. The molecule has 0 aromatic heterocycles. The van der Waals surface area contributed by atoms with Crippen molar-refractivity contribution in [3.8, 4) is 0 Å². The third-order valence-corrected chi connectivity index (χ3v) is 2.63. The number of rotatable bonds is 7. The number of nitrogens with one attached hydrogen (secondary N) is 1. The van der Waals surface area contributed by atoms with Crippen LogP contribution in [0.25, 0.3) is 0 Å². The highest BCUT2D eigenvalue weighted by Gasteiger charge is 2.34. The molecule has 2 atom stereocenters. The minimum absolute atomic E-state index is 0. The molecule has 3 N–H and O–H groups in total. The molecule has 0 fully saturated rings. The highest BCUT2D eigenvalue weighted by atomic mass is 35.5. The molecule has 0 radical (unpaired) electrons. The highest BCUT2D eigenvalue weighted by molar-refractivity contribution is 5.87. The summed E-state index contributed by atoms with van der Waals surface area (Å²) >= 11 is 0. The zero-order valence-corrected chi connectivity index (χ0v) is 12.4. The Morgan fingerprint density at radius 1 is 1.44 bits per heavy atom. The Hall–Kier alpha value is -0.810. The van der Waals surface area contributed by atoms with Crippen LogP contribution in [0, 0.1) is 0 Å². The molecule has 0 aromatic rings. The lowest BCUT2D eigenvalue weighted by Gasteiger charge is -2.27. The Labute approximate surface area is 115 Å². The normalized spacial score (nSPS) is 14.9. The van der Waals surface area contributed by atoms with Crippen molar-refractivity contribution in [3.05, 3.63) is 0 Å². The predicted molar refractivity (Wildman–Crippen MR) is 73.6 cm³/mol. The Balaban J connectivity index is 0. The van der Waals surface area contributed by atoms with Gasteiger partial charge in [0, 0.05) is 12.5 Å². The number of methoxy groups -OCH3 is 1. The SMILES string of the molecule is CCCC(C)(NC(=O)CCC(C)N)C(=O)OC.Cl. The average Bonchev–Trinajstić information content (AvgIpc) is 2.25. The molecule has 0 spiro atoms. The lowest BCUT2D eigenvalue weighted by atomic mass is 9.95. The topological polar surface area (TPSA) is 81.4 Å². The molecule has 0 saturated heterocycles. The van der Waals surface area contributed by atoms with Crippen LogP contribution in [-0.4, -0.2) is 30.6 Å². The van der Waals surface area contributed by atoms with Crippen molar-refractivity contribution in [3.63, 3.8) is 0 Å². The first-order valence-electron chi connectivity index (χ1n) is 6.00. The van der Waals surface area contributed by atoms with Gasteiger partial charge < -0.3 is 15.8 Å². The molecule has 0 aliphatic rings. The molecule has 0 heterocycles. The van der Waals surface area contributed by atoms with Crippen molar-refractivity contribution in [2.75, 3.05) is 7.11 Å². The first-order chi connectivity index (χ1) is 7.85. The molecule has 6 heteroatoms. The highest BCUT2D eigenvalue weighted by Crippen LogP contribution is 2.14. The van der Waals surface area contributed by atoms with E-state index in [0.717, 1.165) is 6.42 Å². The van der Waals surface area contributed by atoms with Crippen LogP contribution >= 0.6 is 12.4 Å². The van der Waals surface area contributed by atoms with Gasteiger partial charge in [-0.25, -0.2) is 4.79 Å². The van der Waals surface area contributed by atoms with E-state index in [0.29, 0.717) is 19.3 Å². The van der Waals surface area contributed by atoms with Crippen LogP contribution in [0.1, 0.15) is 46.5 Å². The van der Waals surface area contributed by atoms with Crippen LogP contribution in [0.3, 0.4) is 0 Å². The largest absolute Gasteiger partial charge is 0.467 e. The lowest BCUT2D eigenvalue weighted by molar-refractivity contribution is -0.150. The molecule has 108 valence electrons. The van der Waals surface area contributed by atoms with Gasteiger partial charge in [0.25, 0.3) is 0 Å². The molecule has 0 saturated carbocycles. The summed E-state index contributed by atoms with van der Waals surface area (Å²) in [6.07, 6.45) is 2.28. The van der Waals surface area contributed by atoms with Crippen molar-refractivity contribution in [2.45, 2.75) is 58.0 Å². The lowest BCUT2D eigenvalue weighted by Crippen LogP contribution is -2.52. The first kappa shape index (κ1) is 19.5. The summed E-state index contributed by atoms with van der Waals surface area (Å²) in [5, 5.41) is 2.73. The molecule has 0 rings (SSSR count). The fourth-order valence-corrected chi connectivity index (χ4v) is 1.67. The number of esters is 1. The number of ether oxygens (including phenoxy) is 1. The fraction of sp³-hybridized carbons (Fsp3) is 0.833. The van der Waals surface area contributed by atoms with Crippen molar-refractivity contribution in [2.24, 2.45) is 5.73 Å². The Morgan fingerprint density at radius 3 is 2.39 bits per heavy atom. The van der Waals surface area contributed by atoms with E-state index in [-0.39, 0.29) is 24.4 Å². The van der Waals surface area contributed by atoms with Crippen LogP contribution in [0.5, 0.6) is 0 Å². The monoisotopic (exact) mass is 280 g/mol. The molecular formula is C12H25ClN2O3. The van der Waals surface area contributed by atoms with E-state index in [2.05, 4.69) is 5.32 Å². The maximum absolute atomic E-state index is 11.7. The van der Waals surface area contributed by atoms with E-state index in [4.69, 9.17) is 10.5 Å². The quantitative estimate of drug-likeness (QED) is 0.691. The van der Waals surface area contributed by atoms with E-state index in [9.17, 15) is 9.59 Å². The van der Waals surface area contributed by atoms with Crippen LogP contribution in [0.15, 0.2) is 0 Å². The van der Waals surface area contributed by atoms with Crippen LogP contribution in [0.2, 0.25) is 0 Å². The van der Waals surface area contributed by atoms with Gasteiger partial charge in [0.1, 0.15) is 5.54 Å². The average molecular weight is 281 g/mol. The summed E-state index contributed by atoms with van der Waals surface area (Å²) in [6, 6.07) is -0.0173. The Bertz CT molecular complexity index is 272. The number of carbonyl (C=O) groups is 2. The number of hydrogen-bond acceptors (Lipinski definition) is 4. The van der Waals surface area contributed by atoms with E-state index < -0.39 is 11.5 Å². The summed E-state index contributed by atoms with van der Waals surface area (Å²) in [7, 11) is 1.32. The third-order valence-electron chi connectivity index (χ3n) is 2.63. The number of nitrogens with two attached hydrogens (primary N) is 1. The van der Waals surface area contributed by atoms with E-state index in [1.54, 1.807) is 6.92 Å². The number of carbonyl (C=O) groups excluding carboxylic acids is 2. The molecule has 5 nitrogen and oxygen atoms in total. The fourth-order valence-electron chi connectivity index (χ4n) is 1.67. The maximum atomic E-state index is 11.7. The summed E-state index contributed by atoms with van der Waals surface area (Å²) in [6.45, 7) is 5.49. The van der Waals surface area contributed by atoms with Gasteiger partial charge in [0.2, 0.25) is 5.91 Å². The maximum Gasteiger partial charge on any atom is 0.331 e. The first-order valence-corrected chi connectivity index (χ1v) is 6.00. The van der Waals surface area contributed by atoms with Gasteiger partial charge in [-0.1, -0.05) is 13.3 Å². The van der Waals surface area contributed by atoms with Crippen molar-refractivity contribution in [1.82, 2.24) is 5.32 Å². The molecule has 0 aliphatic carbocycles. The summed E-state index contributed by atoms with van der Waals surface area (Å²) in [4.78, 5) is 23.3. The van der Waals surface area contributed by atoms with E-state index >= 15 is 0 Å².